The molecule has 0 spiro atoms. The number of thiophene rings is 1. The van der Waals surface area contributed by atoms with Crippen molar-refractivity contribution < 1.29 is 8.42 Å². The van der Waals surface area contributed by atoms with Crippen molar-refractivity contribution in [3.8, 4) is 11.3 Å². The van der Waals surface area contributed by atoms with Crippen molar-refractivity contribution in [3.63, 3.8) is 0 Å². The molecule has 0 atom stereocenters. The van der Waals surface area contributed by atoms with Crippen LogP contribution in [0.3, 0.4) is 0 Å². The lowest BCUT2D eigenvalue weighted by atomic mass is 10.2. The summed E-state index contributed by atoms with van der Waals surface area (Å²) in [6.45, 7) is 0. The summed E-state index contributed by atoms with van der Waals surface area (Å²) in [5.41, 5.74) is 1.87. The van der Waals surface area contributed by atoms with Gasteiger partial charge in [0, 0.05) is 10.9 Å². The average Bonchev–Trinajstić information content (AvgIpc) is 3.24. The number of sulfonamides is 1. The molecule has 9 heteroatoms. The third-order valence-corrected chi connectivity index (χ3v) is 6.68. The first-order valence-electron chi connectivity index (χ1n) is 6.59. The standard InChI is InChI=1S/C14H10N4O2S3/c19-23(20,12-7-4-8-21-12)17-13-15-14-18(16-13)11(9-22-14)10-5-2-1-3-6-10/h1-9H,(H,16,17). The van der Waals surface area contributed by atoms with Gasteiger partial charge in [0.2, 0.25) is 4.96 Å². The molecule has 0 aliphatic heterocycles. The van der Waals surface area contributed by atoms with Gasteiger partial charge in [-0.25, -0.2) is 17.7 Å². The van der Waals surface area contributed by atoms with Crippen LogP contribution in [0.1, 0.15) is 0 Å². The van der Waals surface area contributed by atoms with Gasteiger partial charge in [-0.15, -0.1) is 27.8 Å². The predicted octanol–water partition coefficient (Wildman–Crippen LogP) is 3.32. The number of benzene rings is 1. The minimum absolute atomic E-state index is 0.0717. The van der Waals surface area contributed by atoms with Crippen LogP contribution in [0.4, 0.5) is 5.95 Å². The molecule has 6 nitrogen and oxygen atoms in total. The van der Waals surface area contributed by atoms with Gasteiger partial charge in [-0.2, -0.15) is 4.98 Å². The van der Waals surface area contributed by atoms with Crippen molar-refractivity contribution in [1.82, 2.24) is 14.6 Å². The zero-order valence-corrected chi connectivity index (χ0v) is 14.0. The number of nitrogens with zero attached hydrogens (tertiary/aromatic N) is 3. The van der Waals surface area contributed by atoms with E-state index in [1.165, 1.54) is 11.3 Å². The molecular formula is C14H10N4O2S3. The summed E-state index contributed by atoms with van der Waals surface area (Å²) in [4.78, 5) is 4.87. The van der Waals surface area contributed by atoms with Crippen molar-refractivity contribution >= 4 is 43.6 Å². The van der Waals surface area contributed by atoms with Gasteiger partial charge in [-0.05, 0) is 11.4 Å². The zero-order chi connectivity index (χ0) is 15.9. The molecule has 4 aromatic rings. The van der Waals surface area contributed by atoms with Crippen LogP contribution in [0.5, 0.6) is 0 Å². The van der Waals surface area contributed by atoms with E-state index in [0.29, 0.717) is 4.96 Å². The van der Waals surface area contributed by atoms with Gasteiger partial charge in [0.05, 0.1) is 5.69 Å². The van der Waals surface area contributed by atoms with Crippen molar-refractivity contribution in [2.24, 2.45) is 0 Å². The van der Waals surface area contributed by atoms with Crippen molar-refractivity contribution in [2.45, 2.75) is 4.21 Å². The molecule has 0 unspecified atom stereocenters. The fourth-order valence-electron chi connectivity index (χ4n) is 2.12. The molecule has 0 saturated carbocycles. The van der Waals surface area contributed by atoms with Gasteiger partial charge in [0.15, 0.2) is 0 Å². The van der Waals surface area contributed by atoms with Crippen molar-refractivity contribution in [3.05, 3.63) is 53.2 Å². The third-order valence-electron chi connectivity index (χ3n) is 3.14. The quantitative estimate of drug-likeness (QED) is 0.604. The summed E-state index contributed by atoms with van der Waals surface area (Å²) in [6.07, 6.45) is 0. The lowest BCUT2D eigenvalue weighted by molar-refractivity contribution is 0.602. The van der Waals surface area contributed by atoms with Crippen LogP contribution in [0.15, 0.2) is 57.4 Å². The Morgan fingerprint density at radius 1 is 1.04 bits per heavy atom. The topological polar surface area (TPSA) is 76.4 Å². The fraction of sp³-hybridized carbons (Fsp3) is 0. The minimum atomic E-state index is -3.64. The Morgan fingerprint density at radius 3 is 2.61 bits per heavy atom. The highest BCUT2D eigenvalue weighted by molar-refractivity contribution is 7.94. The average molecular weight is 362 g/mol. The summed E-state index contributed by atoms with van der Waals surface area (Å²) in [7, 11) is -3.64. The Hall–Kier alpha value is -2.23. The van der Waals surface area contributed by atoms with Crippen LogP contribution in [-0.2, 0) is 10.0 Å². The first kappa shape index (κ1) is 14.4. The van der Waals surface area contributed by atoms with E-state index >= 15 is 0 Å². The van der Waals surface area contributed by atoms with E-state index < -0.39 is 10.0 Å². The Morgan fingerprint density at radius 2 is 1.87 bits per heavy atom. The molecule has 0 saturated heterocycles. The molecule has 1 N–H and O–H groups in total. The van der Waals surface area contributed by atoms with E-state index in [1.807, 2.05) is 35.7 Å². The highest BCUT2D eigenvalue weighted by Crippen LogP contribution is 2.26. The number of hydrogen-bond acceptors (Lipinski definition) is 6. The molecule has 23 heavy (non-hydrogen) atoms. The Kier molecular flexibility index (Phi) is 3.40. The summed E-state index contributed by atoms with van der Waals surface area (Å²) < 4.78 is 28.8. The molecule has 0 radical (unpaired) electrons. The zero-order valence-electron chi connectivity index (χ0n) is 11.6. The number of nitrogens with one attached hydrogen (secondary N) is 1. The van der Waals surface area contributed by atoms with Crippen molar-refractivity contribution in [1.29, 1.82) is 0 Å². The lowest BCUT2D eigenvalue weighted by Crippen LogP contribution is -2.12. The number of aromatic nitrogens is 3. The smallest absolute Gasteiger partial charge is 0.245 e. The summed E-state index contributed by atoms with van der Waals surface area (Å²) in [5.74, 6) is 0.0717. The van der Waals surface area contributed by atoms with Crippen LogP contribution in [0.2, 0.25) is 0 Å². The Balaban J connectivity index is 1.72. The van der Waals surface area contributed by atoms with Crippen LogP contribution < -0.4 is 4.72 Å². The molecule has 3 heterocycles. The monoisotopic (exact) mass is 362 g/mol. The Bertz CT molecular complexity index is 1050. The van der Waals surface area contributed by atoms with Crippen molar-refractivity contribution in [2.75, 3.05) is 4.72 Å². The maximum absolute atomic E-state index is 12.2. The molecule has 3 aromatic heterocycles. The normalized spacial score (nSPS) is 11.8. The summed E-state index contributed by atoms with van der Waals surface area (Å²) in [6, 6.07) is 13.0. The van der Waals surface area contributed by atoms with Gasteiger partial charge in [-0.1, -0.05) is 36.4 Å². The summed E-state index contributed by atoms with van der Waals surface area (Å²) in [5, 5.41) is 7.93. The molecule has 116 valence electrons. The number of thiazole rings is 1. The van der Waals surface area contributed by atoms with Crippen LogP contribution in [0.25, 0.3) is 16.2 Å². The van der Waals surface area contributed by atoms with Gasteiger partial charge in [0.25, 0.3) is 16.0 Å². The first-order chi connectivity index (χ1) is 11.1. The van der Waals surface area contributed by atoms with Gasteiger partial charge >= 0.3 is 0 Å². The van der Waals surface area contributed by atoms with E-state index in [2.05, 4.69) is 14.8 Å². The second-order valence-electron chi connectivity index (χ2n) is 4.65. The van der Waals surface area contributed by atoms with E-state index in [-0.39, 0.29) is 10.2 Å². The Labute approximate surface area is 140 Å². The number of fused-ring (bicyclic) bond motifs is 1. The van der Waals surface area contributed by atoms with E-state index in [9.17, 15) is 8.42 Å². The highest BCUT2D eigenvalue weighted by atomic mass is 32.2. The van der Waals surface area contributed by atoms with Crippen LogP contribution in [-0.4, -0.2) is 23.0 Å². The molecule has 0 amide bonds. The molecule has 0 bridgehead atoms. The largest absolute Gasteiger partial charge is 0.273 e. The lowest BCUT2D eigenvalue weighted by Gasteiger charge is -2.01. The third kappa shape index (κ3) is 2.62. The molecular weight excluding hydrogens is 352 g/mol. The van der Waals surface area contributed by atoms with E-state index in [1.54, 1.807) is 22.0 Å². The summed E-state index contributed by atoms with van der Waals surface area (Å²) >= 11 is 2.56. The van der Waals surface area contributed by atoms with E-state index in [4.69, 9.17) is 0 Å². The molecule has 1 aromatic carbocycles. The molecule has 4 rings (SSSR count). The van der Waals surface area contributed by atoms with Gasteiger partial charge in [0.1, 0.15) is 4.21 Å². The van der Waals surface area contributed by atoms with Gasteiger partial charge < -0.3 is 0 Å². The number of rotatable bonds is 4. The maximum atomic E-state index is 12.2. The van der Waals surface area contributed by atoms with Crippen LogP contribution in [0, 0.1) is 0 Å². The highest BCUT2D eigenvalue weighted by Gasteiger charge is 2.19. The van der Waals surface area contributed by atoms with Gasteiger partial charge in [-0.3, -0.25) is 0 Å². The SMILES string of the molecule is O=S(=O)(Nc1nc2scc(-c3ccccc3)n2n1)c1cccs1. The van der Waals surface area contributed by atoms with Crippen LogP contribution >= 0.6 is 22.7 Å². The second kappa shape index (κ2) is 5.44. The second-order valence-corrected chi connectivity index (χ2v) is 8.35. The van der Waals surface area contributed by atoms with E-state index in [0.717, 1.165) is 22.6 Å². The fourth-order valence-corrected chi connectivity index (χ4v) is 4.88. The predicted molar refractivity (Wildman–Crippen MR) is 91.4 cm³/mol. The molecule has 0 fully saturated rings. The molecule has 0 aliphatic rings. The number of anilines is 1. The number of hydrogen-bond donors (Lipinski definition) is 1. The first-order valence-corrected chi connectivity index (χ1v) is 9.84. The minimum Gasteiger partial charge on any atom is -0.245 e. The molecule has 0 aliphatic carbocycles. The maximum Gasteiger partial charge on any atom is 0.273 e.